The van der Waals surface area contributed by atoms with Crippen LogP contribution in [0.5, 0.6) is 5.75 Å². The van der Waals surface area contributed by atoms with Gasteiger partial charge < -0.3 is 9.84 Å². The molecular weight excluding hydrogens is 400 g/mol. The van der Waals surface area contributed by atoms with E-state index in [1.54, 1.807) is 10.9 Å². The number of rotatable bonds is 5. The molecule has 0 radical (unpaired) electrons. The summed E-state index contributed by atoms with van der Waals surface area (Å²) in [7, 11) is 0. The molecule has 5 nitrogen and oxygen atoms in total. The lowest BCUT2D eigenvalue weighted by molar-refractivity contribution is -0.151. The van der Waals surface area contributed by atoms with Crippen LogP contribution in [0.2, 0.25) is 0 Å². The van der Waals surface area contributed by atoms with Gasteiger partial charge in [0, 0.05) is 5.92 Å². The molecular formula is C27H42N2O3. The minimum absolute atomic E-state index is 0.136. The Kier molecular flexibility index (Phi) is 5.51. The molecule has 5 rings (SSSR count). The number of carbonyl (C=O) groups excluding carboxylic acids is 1. The Morgan fingerprint density at radius 1 is 1.09 bits per heavy atom. The first-order valence-electron chi connectivity index (χ1n) is 13.1. The zero-order valence-electron chi connectivity index (χ0n) is 20.5. The van der Waals surface area contributed by atoms with Crippen molar-refractivity contribution < 1.29 is 14.6 Å². The van der Waals surface area contributed by atoms with Crippen molar-refractivity contribution in [3.8, 4) is 5.75 Å². The molecule has 4 fully saturated rings. The summed E-state index contributed by atoms with van der Waals surface area (Å²) in [6.07, 6.45) is 13.9. The lowest BCUT2D eigenvalue weighted by Gasteiger charge is -2.61. The lowest BCUT2D eigenvalue weighted by atomic mass is 9.44. The summed E-state index contributed by atoms with van der Waals surface area (Å²) in [5.41, 5.74) is 0.0381. The molecule has 32 heavy (non-hydrogen) atoms. The maximum Gasteiger partial charge on any atom is 0.157 e. The van der Waals surface area contributed by atoms with Crippen LogP contribution in [-0.2, 0) is 11.3 Å². The Bertz CT molecular complexity index is 863. The number of fused-ring (bicyclic) bond motifs is 5. The fraction of sp³-hybridized carbons (Fsp3) is 0.852. The predicted molar refractivity (Wildman–Crippen MR) is 124 cm³/mol. The van der Waals surface area contributed by atoms with Crippen LogP contribution >= 0.6 is 0 Å². The van der Waals surface area contributed by atoms with Gasteiger partial charge in [0.1, 0.15) is 0 Å². The maximum absolute atomic E-state index is 13.4. The third-order valence-electron chi connectivity index (χ3n) is 10.6. The Labute approximate surface area is 193 Å². The number of aromatic nitrogens is 2. The van der Waals surface area contributed by atoms with Gasteiger partial charge in [-0.1, -0.05) is 13.8 Å². The van der Waals surface area contributed by atoms with Crippen molar-refractivity contribution in [1.82, 2.24) is 9.78 Å². The predicted octanol–water partition coefficient (Wildman–Crippen LogP) is 5.26. The SMILES string of the molecule is CCOc1cnn(CC(=O)[C@H]2CC[C@H]3[C@@H]4CC[C@H]5C[C@](C)(O)CC[C@]5(C)[C@H]4CC[C@]23C)c1. The van der Waals surface area contributed by atoms with E-state index in [1.807, 2.05) is 20.0 Å². The third kappa shape index (κ3) is 3.54. The molecule has 4 saturated carbocycles. The molecule has 1 heterocycles. The smallest absolute Gasteiger partial charge is 0.157 e. The van der Waals surface area contributed by atoms with E-state index >= 15 is 0 Å². The summed E-state index contributed by atoms with van der Waals surface area (Å²) >= 11 is 0. The van der Waals surface area contributed by atoms with Gasteiger partial charge in [0.15, 0.2) is 11.5 Å². The zero-order chi connectivity index (χ0) is 22.7. The standard InChI is InChI=1S/C27H42N2O3/c1-5-32-19-15-28-29(16-19)17-24(30)23-9-8-21-20-7-6-18-14-25(2,31)12-13-26(18,3)22(20)10-11-27(21,23)4/h15-16,18,20-23,31H,5-14,17H2,1-4H3/t18-,20-,21-,22-,23+,25+,26-,27-/m0/s1. The van der Waals surface area contributed by atoms with Crippen LogP contribution in [0, 0.1) is 40.4 Å². The molecule has 1 aromatic heterocycles. The van der Waals surface area contributed by atoms with Gasteiger partial charge >= 0.3 is 0 Å². The van der Waals surface area contributed by atoms with Crippen molar-refractivity contribution >= 4 is 5.78 Å². The van der Waals surface area contributed by atoms with Gasteiger partial charge in [0.2, 0.25) is 0 Å². The molecule has 4 aliphatic rings. The fourth-order valence-electron chi connectivity index (χ4n) is 8.90. The molecule has 8 atom stereocenters. The molecule has 0 amide bonds. The zero-order valence-corrected chi connectivity index (χ0v) is 20.5. The van der Waals surface area contributed by atoms with Crippen LogP contribution in [-0.4, -0.2) is 32.9 Å². The number of Topliss-reactive ketones (excluding diaryl/α,β-unsaturated/α-hetero) is 1. The van der Waals surface area contributed by atoms with E-state index in [9.17, 15) is 9.90 Å². The second kappa shape index (κ2) is 7.85. The topological polar surface area (TPSA) is 64.4 Å². The Balaban J connectivity index is 1.31. The number of ether oxygens (including phenoxy) is 1. The number of carbonyl (C=O) groups is 1. The van der Waals surface area contributed by atoms with Crippen molar-refractivity contribution in [3.63, 3.8) is 0 Å². The molecule has 0 aromatic carbocycles. The highest BCUT2D eigenvalue weighted by molar-refractivity contribution is 5.82. The summed E-state index contributed by atoms with van der Waals surface area (Å²) in [5.74, 6) is 4.11. The number of ketones is 1. The second-order valence-electron chi connectivity index (χ2n) is 12.3. The normalized spacial score (nSPS) is 45.6. The molecule has 178 valence electrons. The van der Waals surface area contributed by atoms with E-state index in [0.717, 1.165) is 36.8 Å². The van der Waals surface area contributed by atoms with Crippen LogP contribution in [0.25, 0.3) is 0 Å². The molecule has 5 heteroatoms. The number of nitrogens with zero attached hydrogens (tertiary/aromatic N) is 2. The van der Waals surface area contributed by atoms with Gasteiger partial charge in [-0.25, -0.2) is 0 Å². The maximum atomic E-state index is 13.4. The first kappa shape index (κ1) is 22.4. The third-order valence-corrected chi connectivity index (χ3v) is 10.6. The molecule has 0 bridgehead atoms. The van der Waals surface area contributed by atoms with Crippen LogP contribution in [0.3, 0.4) is 0 Å². The minimum atomic E-state index is -0.473. The highest BCUT2D eigenvalue weighted by Gasteiger charge is 2.61. The number of aliphatic hydroxyl groups is 1. The molecule has 0 unspecified atom stereocenters. The monoisotopic (exact) mass is 442 g/mol. The van der Waals surface area contributed by atoms with Gasteiger partial charge in [-0.15, -0.1) is 0 Å². The largest absolute Gasteiger partial charge is 0.491 e. The Hall–Kier alpha value is -1.36. The van der Waals surface area contributed by atoms with Crippen molar-refractivity contribution in [2.24, 2.45) is 40.4 Å². The highest BCUT2D eigenvalue weighted by atomic mass is 16.5. The summed E-state index contributed by atoms with van der Waals surface area (Å²) in [6.45, 7) is 9.95. The highest BCUT2D eigenvalue weighted by Crippen LogP contribution is 2.68. The summed E-state index contributed by atoms with van der Waals surface area (Å²) in [5, 5.41) is 15.1. The van der Waals surface area contributed by atoms with E-state index in [4.69, 9.17) is 4.74 Å². The van der Waals surface area contributed by atoms with E-state index in [2.05, 4.69) is 18.9 Å². The Morgan fingerprint density at radius 3 is 2.66 bits per heavy atom. The first-order valence-corrected chi connectivity index (χ1v) is 13.1. The van der Waals surface area contributed by atoms with Crippen molar-refractivity contribution in [2.45, 2.75) is 97.6 Å². The molecule has 1 N–H and O–H groups in total. The number of hydrogen-bond acceptors (Lipinski definition) is 4. The van der Waals surface area contributed by atoms with Gasteiger partial charge in [0.05, 0.1) is 31.1 Å². The molecule has 0 aliphatic heterocycles. The summed E-state index contributed by atoms with van der Waals surface area (Å²) in [4.78, 5) is 13.4. The number of hydrogen-bond donors (Lipinski definition) is 1. The van der Waals surface area contributed by atoms with Crippen LogP contribution in [0.4, 0.5) is 0 Å². The van der Waals surface area contributed by atoms with Gasteiger partial charge in [-0.2, -0.15) is 5.10 Å². The molecule has 0 saturated heterocycles. The van der Waals surface area contributed by atoms with E-state index < -0.39 is 5.60 Å². The molecule has 0 spiro atoms. The van der Waals surface area contributed by atoms with Crippen molar-refractivity contribution in [1.29, 1.82) is 0 Å². The van der Waals surface area contributed by atoms with Crippen molar-refractivity contribution in [2.75, 3.05) is 6.61 Å². The quantitative estimate of drug-likeness (QED) is 0.675. The molecule has 4 aliphatic carbocycles. The lowest BCUT2D eigenvalue weighted by Crippen LogP contribution is -2.55. The molecule has 1 aromatic rings. The van der Waals surface area contributed by atoms with Gasteiger partial charge in [-0.3, -0.25) is 9.48 Å². The van der Waals surface area contributed by atoms with Crippen LogP contribution in [0.15, 0.2) is 12.4 Å². The van der Waals surface area contributed by atoms with Crippen LogP contribution < -0.4 is 4.74 Å². The summed E-state index contributed by atoms with van der Waals surface area (Å²) < 4.78 is 7.27. The van der Waals surface area contributed by atoms with Gasteiger partial charge in [-0.05, 0) is 106 Å². The van der Waals surface area contributed by atoms with Gasteiger partial charge in [0.25, 0.3) is 0 Å². The first-order chi connectivity index (χ1) is 15.2. The van der Waals surface area contributed by atoms with E-state index in [1.165, 1.54) is 38.5 Å². The van der Waals surface area contributed by atoms with E-state index in [0.29, 0.717) is 36.2 Å². The summed E-state index contributed by atoms with van der Waals surface area (Å²) in [6, 6.07) is 0. The minimum Gasteiger partial charge on any atom is -0.491 e. The van der Waals surface area contributed by atoms with Crippen LogP contribution in [0.1, 0.15) is 85.5 Å². The average molecular weight is 443 g/mol. The average Bonchev–Trinajstić information content (AvgIpc) is 3.32. The fourth-order valence-corrected chi connectivity index (χ4v) is 8.90. The second-order valence-corrected chi connectivity index (χ2v) is 12.3. The Morgan fingerprint density at radius 2 is 1.88 bits per heavy atom. The van der Waals surface area contributed by atoms with E-state index in [-0.39, 0.29) is 11.3 Å². The van der Waals surface area contributed by atoms with Crippen molar-refractivity contribution in [3.05, 3.63) is 12.4 Å².